The van der Waals surface area contributed by atoms with E-state index < -0.39 is 5.60 Å². The second-order valence-corrected chi connectivity index (χ2v) is 4.78. The first-order valence-corrected chi connectivity index (χ1v) is 5.39. The maximum Gasteiger partial charge on any atom is 0.0705 e. The van der Waals surface area contributed by atoms with Gasteiger partial charge < -0.3 is 10.8 Å². The first-order chi connectivity index (χ1) is 6.06. The van der Waals surface area contributed by atoms with Gasteiger partial charge in [0.25, 0.3) is 0 Å². The van der Waals surface area contributed by atoms with Crippen molar-refractivity contribution in [2.45, 2.75) is 25.9 Å². The highest BCUT2D eigenvalue weighted by molar-refractivity contribution is 7.09. The second-order valence-electron chi connectivity index (χ2n) is 3.75. The number of hydrogen-bond donors (Lipinski definition) is 2. The topological polar surface area (TPSA) is 46.2 Å². The zero-order chi connectivity index (χ0) is 9.90. The molecule has 0 aliphatic heterocycles. The molecule has 1 aromatic heterocycles. The molecule has 2 unspecified atom stereocenters. The van der Waals surface area contributed by atoms with Crippen molar-refractivity contribution in [2.75, 3.05) is 6.54 Å². The highest BCUT2D eigenvalue weighted by atomic mass is 32.1. The minimum absolute atomic E-state index is 0.134. The van der Waals surface area contributed by atoms with Crippen LogP contribution in [0, 0.1) is 5.92 Å². The molecule has 0 amide bonds. The van der Waals surface area contributed by atoms with Gasteiger partial charge in [-0.25, -0.2) is 0 Å². The van der Waals surface area contributed by atoms with Crippen molar-refractivity contribution in [2.24, 2.45) is 11.7 Å². The lowest BCUT2D eigenvalue weighted by molar-refractivity contribution is 0.0109. The third-order valence-electron chi connectivity index (χ3n) is 2.53. The lowest BCUT2D eigenvalue weighted by Gasteiger charge is -2.28. The number of nitrogens with two attached hydrogens (primary N) is 1. The maximum absolute atomic E-state index is 10.1. The summed E-state index contributed by atoms with van der Waals surface area (Å²) in [5, 5.41) is 12.1. The summed E-state index contributed by atoms with van der Waals surface area (Å²) >= 11 is 1.68. The highest BCUT2D eigenvalue weighted by Gasteiger charge is 2.27. The lowest BCUT2D eigenvalue weighted by Crippen LogP contribution is -2.39. The van der Waals surface area contributed by atoms with Crippen LogP contribution >= 0.6 is 11.3 Å². The third-order valence-corrected chi connectivity index (χ3v) is 3.40. The molecule has 0 radical (unpaired) electrons. The molecule has 0 saturated carbocycles. The Morgan fingerprint density at radius 2 is 2.38 bits per heavy atom. The Hall–Kier alpha value is -0.380. The van der Waals surface area contributed by atoms with E-state index in [4.69, 9.17) is 5.73 Å². The molecule has 1 rings (SSSR count). The van der Waals surface area contributed by atoms with Crippen LogP contribution in [0.2, 0.25) is 0 Å². The molecule has 0 bridgehead atoms. The van der Waals surface area contributed by atoms with Crippen molar-refractivity contribution in [1.82, 2.24) is 0 Å². The van der Waals surface area contributed by atoms with Gasteiger partial charge in [0.15, 0.2) is 0 Å². The summed E-state index contributed by atoms with van der Waals surface area (Å²) < 4.78 is 0. The van der Waals surface area contributed by atoms with Gasteiger partial charge in [0.2, 0.25) is 0 Å². The van der Waals surface area contributed by atoms with E-state index in [9.17, 15) is 5.11 Å². The van der Waals surface area contributed by atoms with Crippen molar-refractivity contribution in [3.05, 3.63) is 22.4 Å². The Morgan fingerprint density at radius 3 is 2.85 bits per heavy atom. The van der Waals surface area contributed by atoms with E-state index in [2.05, 4.69) is 0 Å². The van der Waals surface area contributed by atoms with Gasteiger partial charge in [-0.3, -0.25) is 0 Å². The van der Waals surface area contributed by atoms with Gasteiger partial charge in [0.1, 0.15) is 0 Å². The SMILES string of the molecule is CC(CN)C(C)(O)Cc1cccs1. The van der Waals surface area contributed by atoms with Crippen molar-refractivity contribution in [3.63, 3.8) is 0 Å². The predicted molar refractivity (Wildman–Crippen MR) is 56.9 cm³/mol. The van der Waals surface area contributed by atoms with E-state index in [1.807, 2.05) is 31.4 Å². The zero-order valence-electron chi connectivity index (χ0n) is 8.16. The number of thiophene rings is 1. The zero-order valence-corrected chi connectivity index (χ0v) is 8.97. The van der Waals surface area contributed by atoms with E-state index >= 15 is 0 Å². The monoisotopic (exact) mass is 199 g/mol. The number of hydrogen-bond acceptors (Lipinski definition) is 3. The standard InChI is InChI=1S/C10H17NOS/c1-8(7-11)10(2,12)6-9-4-3-5-13-9/h3-5,8,12H,6-7,11H2,1-2H3. The summed E-state index contributed by atoms with van der Waals surface area (Å²) in [6.07, 6.45) is 0.697. The summed E-state index contributed by atoms with van der Waals surface area (Å²) in [5.74, 6) is 0.134. The van der Waals surface area contributed by atoms with Crippen LogP contribution in [0.1, 0.15) is 18.7 Å². The predicted octanol–water partition coefficient (Wildman–Crippen LogP) is 1.64. The van der Waals surface area contributed by atoms with Gasteiger partial charge in [0, 0.05) is 11.3 Å². The molecule has 0 saturated heterocycles. The quantitative estimate of drug-likeness (QED) is 0.774. The number of rotatable bonds is 4. The van der Waals surface area contributed by atoms with Crippen molar-refractivity contribution >= 4 is 11.3 Å². The largest absolute Gasteiger partial charge is 0.389 e. The fourth-order valence-electron chi connectivity index (χ4n) is 1.19. The number of aliphatic hydroxyl groups is 1. The average Bonchev–Trinajstić information content (AvgIpc) is 2.54. The van der Waals surface area contributed by atoms with Gasteiger partial charge in [-0.2, -0.15) is 0 Å². The van der Waals surface area contributed by atoms with E-state index in [0.717, 1.165) is 0 Å². The smallest absolute Gasteiger partial charge is 0.0705 e. The summed E-state index contributed by atoms with van der Waals surface area (Å²) in [6, 6.07) is 4.05. The molecule has 1 heterocycles. The molecule has 0 aromatic carbocycles. The first kappa shape index (κ1) is 10.7. The molecule has 0 aliphatic carbocycles. The van der Waals surface area contributed by atoms with Gasteiger partial charge in [-0.05, 0) is 30.8 Å². The van der Waals surface area contributed by atoms with Gasteiger partial charge in [0.05, 0.1) is 5.60 Å². The van der Waals surface area contributed by atoms with Crippen LogP contribution in [0.3, 0.4) is 0 Å². The molecule has 0 spiro atoms. The third kappa shape index (κ3) is 2.79. The van der Waals surface area contributed by atoms with Gasteiger partial charge >= 0.3 is 0 Å². The highest BCUT2D eigenvalue weighted by Crippen LogP contribution is 2.23. The maximum atomic E-state index is 10.1. The fraction of sp³-hybridized carbons (Fsp3) is 0.600. The van der Waals surface area contributed by atoms with Crippen LogP contribution in [-0.2, 0) is 6.42 Å². The molecule has 74 valence electrons. The lowest BCUT2D eigenvalue weighted by atomic mass is 9.87. The molecule has 2 atom stereocenters. The second kappa shape index (κ2) is 4.22. The van der Waals surface area contributed by atoms with Crippen LogP contribution in [0.25, 0.3) is 0 Å². The van der Waals surface area contributed by atoms with E-state index in [-0.39, 0.29) is 5.92 Å². The Labute approximate surface area is 83.4 Å². The molecule has 13 heavy (non-hydrogen) atoms. The molecule has 3 heteroatoms. The normalized spacial score (nSPS) is 18.2. The summed E-state index contributed by atoms with van der Waals surface area (Å²) in [5.41, 5.74) is 4.85. The van der Waals surface area contributed by atoms with Crippen LogP contribution in [0.4, 0.5) is 0 Å². The van der Waals surface area contributed by atoms with Crippen LogP contribution in [0.15, 0.2) is 17.5 Å². The summed E-state index contributed by atoms with van der Waals surface area (Å²) in [6.45, 7) is 4.36. The van der Waals surface area contributed by atoms with Gasteiger partial charge in [-0.15, -0.1) is 11.3 Å². The van der Waals surface area contributed by atoms with Crippen molar-refractivity contribution in [3.8, 4) is 0 Å². The van der Waals surface area contributed by atoms with E-state index in [0.29, 0.717) is 13.0 Å². The van der Waals surface area contributed by atoms with Crippen LogP contribution in [0.5, 0.6) is 0 Å². The van der Waals surface area contributed by atoms with Crippen LogP contribution < -0.4 is 5.73 Å². The Kier molecular flexibility index (Phi) is 3.47. The van der Waals surface area contributed by atoms with Crippen LogP contribution in [-0.4, -0.2) is 17.3 Å². The molecule has 2 nitrogen and oxygen atoms in total. The van der Waals surface area contributed by atoms with Crippen molar-refractivity contribution < 1.29 is 5.11 Å². The van der Waals surface area contributed by atoms with E-state index in [1.54, 1.807) is 11.3 Å². The molecule has 0 aliphatic rings. The minimum Gasteiger partial charge on any atom is -0.389 e. The molecule has 1 aromatic rings. The average molecular weight is 199 g/mol. The fourth-order valence-corrected chi connectivity index (χ4v) is 2.06. The summed E-state index contributed by atoms with van der Waals surface area (Å²) in [4.78, 5) is 1.21. The van der Waals surface area contributed by atoms with Gasteiger partial charge in [-0.1, -0.05) is 13.0 Å². The molecule has 3 N–H and O–H groups in total. The Morgan fingerprint density at radius 1 is 1.69 bits per heavy atom. The molecular formula is C10H17NOS. The first-order valence-electron chi connectivity index (χ1n) is 4.51. The molecular weight excluding hydrogens is 182 g/mol. The Bertz CT molecular complexity index is 243. The van der Waals surface area contributed by atoms with Crippen molar-refractivity contribution in [1.29, 1.82) is 0 Å². The Balaban J connectivity index is 2.61. The minimum atomic E-state index is -0.681. The van der Waals surface area contributed by atoms with E-state index in [1.165, 1.54) is 4.88 Å². The summed E-state index contributed by atoms with van der Waals surface area (Å²) in [7, 11) is 0. The molecule has 0 fully saturated rings.